The van der Waals surface area contributed by atoms with Gasteiger partial charge in [0.1, 0.15) is 0 Å². The van der Waals surface area contributed by atoms with Crippen molar-refractivity contribution in [3.05, 3.63) is 0 Å². The van der Waals surface area contributed by atoms with Crippen molar-refractivity contribution in [2.45, 2.75) is 31.8 Å². The van der Waals surface area contributed by atoms with E-state index in [2.05, 4.69) is 36.1 Å². The molecule has 1 fully saturated rings. The Bertz CT molecular complexity index is 199. The first-order valence-corrected chi connectivity index (χ1v) is 6.74. The monoisotopic (exact) mass is 243 g/mol. The summed E-state index contributed by atoms with van der Waals surface area (Å²) in [6.45, 7) is 7.64. The lowest BCUT2D eigenvalue weighted by Crippen LogP contribution is -2.42. The van der Waals surface area contributed by atoms with Crippen LogP contribution in [0, 0.1) is 0 Å². The summed E-state index contributed by atoms with van der Waals surface area (Å²) in [4.78, 5) is 4.91. The van der Waals surface area contributed by atoms with Gasteiger partial charge in [0.05, 0.1) is 6.61 Å². The molecule has 0 aromatic carbocycles. The molecule has 1 N–H and O–H groups in total. The maximum absolute atomic E-state index is 5.12. The lowest BCUT2D eigenvalue weighted by molar-refractivity contribution is 0.165. The van der Waals surface area contributed by atoms with Gasteiger partial charge in [0.15, 0.2) is 0 Å². The second-order valence-electron chi connectivity index (χ2n) is 5.40. The molecule has 2 unspecified atom stereocenters. The van der Waals surface area contributed by atoms with E-state index in [1.807, 2.05) is 0 Å². The summed E-state index contributed by atoms with van der Waals surface area (Å²) in [5.41, 5.74) is 0. The van der Waals surface area contributed by atoms with Crippen molar-refractivity contribution in [3.8, 4) is 0 Å². The van der Waals surface area contributed by atoms with Crippen molar-refractivity contribution in [2.24, 2.45) is 0 Å². The van der Waals surface area contributed by atoms with Crippen LogP contribution in [0.5, 0.6) is 0 Å². The molecule has 1 rings (SSSR count). The highest BCUT2D eigenvalue weighted by atomic mass is 16.5. The maximum Gasteiger partial charge on any atom is 0.0613 e. The van der Waals surface area contributed by atoms with Crippen LogP contribution in [-0.2, 0) is 4.74 Å². The van der Waals surface area contributed by atoms with Gasteiger partial charge >= 0.3 is 0 Å². The molecule has 0 aliphatic carbocycles. The van der Waals surface area contributed by atoms with Crippen LogP contribution in [-0.4, -0.2) is 75.9 Å². The molecule has 0 radical (unpaired) electrons. The molecule has 0 aromatic rings. The van der Waals surface area contributed by atoms with Crippen LogP contribution in [0.4, 0.5) is 0 Å². The standard InChI is InChI=1S/C13H29N3O/c1-12(11-17-4)14-7-9-16-8-5-6-13(16)10-15(2)3/h12-14H,5-11H2,1-4H3. The van der Waals surface area contributed by atoms with Gasteiger partial charge in [-0.05, 0) is 40.4 Å². The van der Waals surface area contributed by atoms with E-state index in [1.165, 1.54) is 25.9 Å². The number of methoxy groups -OCH3 is 1. The fourth-order valence-electron chi connectivity index (χ4n) is 2.58. The summed E-state index contributed by atoms with van der Waals surface area (Å²) >= 11 is 0. The molecular weight excluding hydrogens is 214 g/mol. The van der Waals surface area contributed by atoms with Crippen molar-refractivity contribution in [2.75, 3.05) is 54.0 Å². The molecule has 0 saturated carbocycles. The zero-order valence-electron chi connectivity index (χ0n) is 11.9. The normalized spacial score (nSPS) is 23.5. The Balaban J connectivity index is 2.17. The summed E-state index contributed by atoms with van der Waals surface area (Å²) in [5.74, 6) is 0. The third-order valence-electron chi connectivity index (χ3n) is 3.38. The Morgan fingerprint density at radius 3 is 2.88 bits per heavy atom. The van der Waals surface area contributed by atoms with Gasteiger partial charge in [0, 0.05) is 38.8 Å². The lowest BCUT2D eigenvalue weighted by Gasteiger charge is -2.27. The minimum absolute atomic E-state index is 0.454. The second-order valence-corrected chi connectivity index (χ2v) is 5.40. The average Bonchev–Trinajstić information content (AvgIpc) is 2.65. The molecular formula is C13H29N3O. The Morgan fingerprint density at radius 2 is 2.24 bits per heavy atom. The summed E-state index contributed by atoms with van der Waals surface area (Å²) in [7, 11) is 6.08. The smallest absolute Gasteiger partial charge is 0.0613 e. The highest BCUT2D eigenvalue weighted by Gasteiger charge is 2.24. The van der Waals surface area contributed by atoms with Crippen LogP contribution in [0.15, 0.2) is 0 Å². The Labute approximate surface area is 106 Å². The Hall–Kier alpha value is -0.160. The van der Waals surface area contributed by atoms with E-state index in [0.717, 1.165) is 25.7 Å². The van der Waals surface area contributed by atoms with E-state index in [9.17, 15) is 0 Å². The molecule has 1 aliphatic heterocycles. The molecule has 0 aromatic heterocycles. The number of hydrogen-bond acceptors (Lipinski definition) is 4. The van der Waals surface area contributed by atoms with Crippen LogP contribution in [0.25, 0.3) is 0 Å². The van der Waals surface area contributed by atoms with Crippen molar-refractivity contribution >= 4 is 0 Å². The number of nitrogens with one attached hydrogen (secondary N) is 1. The summed E-state index contributed by atoms with van der Waals surface area (Å²) in [5, 5.41) is 3.50. The van der Waals surface area contributed by atoms with Gasteiger partial charge in [-0.3, -0.25) is 4.90 Å². The Morgan fingerprint density at radius 1 is 1.47 bits per heavy atom. The fraction of sp³-hybridized carbons (Fsp3) is 1.00. The first-order valence-electron chi connectivity index (χ1n) is 6.74. The van der Waals surface area contributed by atoms with Crippen LogP contribution in [0.1, 0.15) is 19.8 Å². The van der Waals surface area contributed by atoms with Crippen LogP contribution in [0.3, 0.4) is 0 Å². The molecule has 2 atom stereocenters. The average molecular weight is 243 g/mol. The van der Waals surface area contributed by atoms with E-state index >= 15 is 0 Å². The number of likely N-dealkylation sites (tertiary alicyclic amines) is 1. The number of likely N-dealkylation sites (N-methyl/N-ethyl adjacent to an activating group) is 1. The predicted molar refractivity (Wildman–Crippen MR) is 72.5 cm³/mol. The highest BCUT2D eigenvalue weighted by Crippen LogP contribution is 2.16. The molecule has 1 saturated heterocycles. The summed E-state index contributed by atoms with van der Waals surface area (Å²) < 4.78 is 5.12. The minimum atomic E-state index is 0.454. The van der Waals surface area contributed by atoms with Crippen molar-refractivity contribution in [3.63, 3.8) is 0 Å². The third kappa shape index (κ3) is 5.82. The molecule has 1 heterocycles. The first kappa shape index (κ1) is 14.9. The SMILES string of the molecule is COCC(C)NCCN1CCCC1CN(C)C. The molecule has 0 amide bonds. The molecule has 102 valence electrons. The van der Waals surface area contributed by atoms with Gasteiger partial charge < -0.3 is 15.0 Å². The summed E-state index contributed by atoms with van der Waals surface area (Å²) in [6.07, 6.45) is 2.71. The fourth-order valence-corrected chi connectivity index (χ4v) is 2.58. The van der Waals surface area contributed by atoms with Gasteiger partial charge in [0.25, 0.3) is 0 Å². The second kappa shape index (κ2) is 8.03. The van der Waals surface area contributed by atoms with Crippen LogP contribution < -0.4 is 5.32 Å². The van der Waals surface area contributed by atoms with Gasteiger partial charge in [-0.15, -0.1) is 0 Å². The van der Waals surface area contributed by atoms with Crippen LogP contribution in [0.2, 0.25) is 0 Å². The van der Waals surface area contributed by atoms with Gasteiger partial charge in [-0.2, -0.15) is 0 Å². The van der Waals surface area contributed by atoms with Crippen LogP contribution >= 0.6 is 0 Å². The van der Waals surface area contributed by atoms with Gasteiger partial charge in [-0.25, -0.2) is 0 Å². The van der Waals surface area contributed by atoms with E-state index in [0.29, 0.717) is 6.04 Å². The van der Waals surface area contributed by atoms with Crippen molar-refractivity contribution in [1.82, 2.24) is 15.1 Å². The minimum Gasteiger partial charge on any atom is -0.383 e. The highest BCUT2D eigenvalue weighted by molar-refractivity contribution is 4.81. The quantitative estimate of drug-likeness (QED) is 0.677. The van der Waals surface area contributed by atoms with E-state index < -0.39 is 0 Å². The molecule has 0 bridgehead atoms. The lowest BCUT2D eigenvalue weighted by atomic mass is 10.2. The Kier molecular flexibility index (Phi) is 7.04. The molecule has 4 nitrogen and oxygen atoms in total. The maximum atomic E-state index is 5.12. The molecule has 0 spiro atoms. The first-order chi connectivity index (χ1) is 8.13. The van der Waals surface area contributed by atoms with Crippen molar-refractivity contribution in [1.29, 1.82) is 0 Å². The van der Waals surface area contributed by atoms with E-state index in [4.69, 9.17) is 4.74 Å². The molecule has 4 heteroatoms. The molecule has 17 heavy (non-hydrogen) atoms. The van der Waals surface area contributed by atoms with E-state index in [-0.39, 0.29) is 0 Å². The van der Waals surface area contributed by atoms with Gasteiger partial charge in [-0.1, -0.05) is 0 Å². The summed E-state index contributed by atoms with van der Waals surface area (Å²) in [6, 6.07) is 1.21. The third-order valence-corrected chi connectivity index (χ3v) is 3.38. The number of nitrogens with zero attached hydrogens (tertiary/aromatic N) is 2. The topological polar surface area (TPSA) is 27.7 Å². The number of rotatable bonds is 8. The predicted octanol–water partition coefficient (Wildman–Crippen LogP) is 0.637. The molecule has 1 aliphatic rings. The number of hydrogen-bond donors (Lipinski definition) is 1. The van der Waals surface area contributed by atoms with Crippen molar-refractivity contribution < 1.29 is 4.74 Å². The van der Waals surface area contributed by atoms with E-state index in [1.54, 1.807) is 7.11 Å². The number of ether oxygens (including phenoxy) is 1. The zero-order chi connectivity index (χ0) is 12.7. The zero-order valence-corrected chi connectivity index (χ0v) is 11.9. The van der Waals surface area contributed by atoms with Gasteiger partial charge in [0.2, 0.25) is 0 Å². The largest absolute Gasteiger partial charge is 0.383 e.